The lowest BCUT2D eigenvalue weighted by Crippen LogP contribution is -2.41. The van der Waals surface area contributed by atoms with Crippen LogP contribution in [-0.2, 0) is 14.3 Å². The summed E-state index contributed by atoms with van der Waals surface area (Å²) in [6.07, 6.45) is 7.02. The summed E-state index contributed by atoms with van der Waals surface area (Å²) >= 11 is 0. The Hall–Kier alpha value is -5.55. The van der Waals surface area contributed by atoms with E-state index >= 15 is 0 Å². The second-order valence-electron chi connectivity index (χ2n) is 13.8. The lowest BCUT2D eigenvalue weighted by Gasteiger charge is -2.29. The number of fused-ring (bicyclic) bond motifs is 2. The molecule has 4 heterocycles. The highest BCUT2D eigenvalue weighted by atomic mass is 16.6. The van der Waals surface area contributed by atoms with Crippen molar-refractivity contribution in [1.29, 1.82) is 0 Å². The zero-order valence-corrected chi connectivity index (χ0v) is 29.1. The molecule has 0 spiro atoms. The van der Waals surface area contributed by atoms with E-state index < -0.39 is 11.2 Å². The maximum absolute atomic E-state index is 12.1. The van der Waals surface area contributed by atoms with Gasteiger partial charge in [-0.15, -0.1) is 0 Å². The maximum atomic E-state index is 12.1. The molecule has 2 aromatic heterocycles. The standard InChI is InChI=1S/C19H21N3O2.C10H17NO3.C9H6N2/c1-19(2,3)24-18(23)22-9-7-13(8-10-22)16-12-21-17-6-5-14(20-4)11-15(16)17;1-10(2,3)14-9(13)11-6-4-8(12)5-7-11;1-10-8-2-3-9-7(6-8)4-5-11-9/h5-7,11-12,21H,8-10H2,1-3H3;4-7H2,1-3H3;2-6,11H. The molecule has 2 N–H and O–H groups in total. The van der Waals surface area contributed by atoms with E-state index in [9.17, 15) is 14.4 Å². The molecule has 1 fully saturated rings. The number of amides is 2. The van der Waals surface area contributed by atoms with Crippen LogP contribution < -0.4 is 0 Å². The number of hydrogen-bond donors (Lipinski definition) is 2. The van der Waals surface area contributed by atoms with Crippen molar-refractivity contribution in [2.75, 3.05) is 26.2 Å². The van der Waals surface area contributed by atoms with Gasteiger partial charge >= 0.3 is 12.2 Å². The lowest BCUT2D eigenvalue weighted by atomic mass is 9.99. The van der Waals surface area contributed by atoms with E-state index in [1.165, 1.54) is 5.57 Å². The zero-order valence-electron chi connectivity index (χ0n) is 29.1. The number of carbonyl (C=O) groups excluding carboxylic acids is 3. The van der Waals surface area contributed by atoms with Gasteiger partial charge in [-0.1, -0.05) is 18.2 Å². The Morgan fingerprint density at radius 3 is 1.90 bits per heavy atom. The molecule has 0 saturated carbocycles. The number of H-pyrrole nitrogens is 2. The molecule has 0 bridgehead atoms. The quantitative estimate of drug-likeness (QED) is 0.197. The van der Waals surface area contributed by atoms with E-state index in [0.717, 1.165) is 33.8 Å². The third-order valence-electron chi connectivity index (χ3n) is 7.64. The highest BCUT2D eigenvalue weighted by Crippen LogP contribution is 2.32. The van der Waals surface area contributed by atoms with Crippen LogP contribution in [0.5, 0.6) is 0 Å². The summed E-state index contributed by atoms with van der Waals surface area (Å²) in [5, 5.41) is 2.15. The van der Waals surface area contributed by atoms with Crippen LogP contribution in [0.1, 0.15) is 66.4 Å². The molecule has 2 aliphatic rings. The number of likely N-dealkylation sites (tertiary alicyclic amines) is 1. The Kier molecular flexibility index (Phi) is 11.5. The minimum Gasteiger partial charge on any atom is -0.444 e. The molecule has 0 radical (unpaired) electrons. The Bertz CT molecular complexity index is 1920. The molecule has 49 heavy (non-hydrogen) atoms. The molecule has 2 aromatic carbocycles. The summed E-state index contributed by atoms with van der Waals surface area (Å²) < 4.78 is 10.6. The maximum Gasteiger partial charge on any atom is 0.410 e. The van der Waals surface area contributed by atoms with Gasteiger partial charge in [-0.25, -0.2) is 19.3 Å². The van der Waals surface area contributed by atoms with Crippen LogP contribution in [0, 0.1) is 13.1 Å². The fourth-order valence-electron chi connectivity index (χ4n) is 5.23. The third-order valence-corrected chi connectivity index (χ3v) is 7.64. The SMILES string of the molecule is CC(C)(C)OC(=O)N1CCC(=O)CC1.[C-]#[N+]c1ccc2[nH]cc(C3=CCN(C(=O)OC(C)(C)C)CC3)c2c1.[C-]#[N+]c1ccc2[nH]ccc2c1. The van der Waals surface area contributed by atoms with Gasteiger partial charge in [0, 0.05) is 68.0 Å². The molecule has 1 saturated heterocycles. The van der Waals surface area contributed by atoms with Gasteiger partial charge in [0.15, 0.2) is 11.4 Å². The van der Waals surface area contributed by atoms with Crippen LogP contribution in [0.4, 0.5) is 21.0 Å². The van der Waals surface area contributed by atoms with Gasteiger partial charge in [0.1, 0.15) is 17.0 Å². The molecule has 11 nitrogen and oxygen atoms in total. The summed E-state index contributed by atoms with van der Waals surface area (Å²) in [6.45, 7) is 27.2. The molecule has 2 amide bonds. The third kappa shape index (κ3) is 10.5. The number of aromatic nitrogens is 2. The Labute approximate surface area is 287 Å². The van der Waals surface area contributed by atoms with Crippen LogP contribution in [0.3, 0.4) is 0 Å². The number of nitrogens with zero attached hydrogens (tertiary/aromatic N) is 4. The summed E-state index contributed by atoms with van der Waals surface area (Å²) in [7, 11) is 0. The molecule has 0 atom stereocenters. The monoisotopic (exact) mass is 664 g/mol. The molecule has 0 aliphatic carbocycles. The van der Waals surface area contributed by atoms with Crippen molar-refractivity contribution in [3.63, 3.8) is 0 Å². The number of aromatic amines is 2. The van der Waals surface area contributed by atoms with Crippen molar-refractivity contribution < 1.29 is 23.9 Å². The number of piperidine rings is 1. The molecule has 4 aromatic rings. The molecule has 6 rings (SSSR count). The van der Waals surface area contributed by atoms with Gasteiger partial charge < -0.3 is 29.2 Å². The number of carbonyl (C=O) groups is 3. The van der Waals surface area contributed by atoms with E-state index in [4.69, 9.17) is 22.6 Å². The van der Waals surface area contributed by atoms with Crippen LogP contribution in [0.15, 0.2) is 60.9 Å². The average Bonchev–Trinajstić information content (AvgIpc) is 3.70. The fourth-order valence-corrected chi connectivity index (χ4v) is 5.23. The van der Waals surface area contributed by atoms with E-state index in [1.807, 2.05) is 96.4 Å². The summed E-state index contributed by atoms with van der Waals surface area (Å²) in [5.41, 5.74) is 4.80. The van der Waals surface area contributed by atoms with Crippen molar-refractivity contribution in [2.45, 2.75) is 72.0 Å². The highest BCUT2D eigenvalue weighted by Gasteiger charge is 2.26. The molecule has 11 heteroatoms. The zero-order chi connectivity index (χ0) is 35.8. The van der Waals surface area contributed by atoms with Crippen LogP contribution in [0.2, 0.25) is 0 Å². The Balaban J connectivity index is 0.000000183. The lowest BCUT2D eigenvalue weighted by molar-refractivity contribution is -0.121. The smallest absolute Gasteiger partial charge is 0.410 e. The average molecular weight is 665 g/mol. The van der Waals surface area contributed by atoms with E-state index in [-0.39, 0.29) is 18.0 Å². The molecule has 0 unspecified atom stereocenters. The number of hydrogen-bond acceptors (Lipinski definition) is 5. The summed E-state index contributed by atoms with van der Waals surface area (Å²) in [5.74, 6) is 0.227. The van der Waals surface area contributed by atoms with Gasteiger partial charge in [0.05, 0.1) is 13.1 Å². The normalized spacial score (nSPS) is 14.8. The topological polar surface area (TPSA) is 116 Å². The van der Waals surface area contributed by atoms with Crippen molar-refractivity contribution in [2.24, 2.45) is 0 Å². The van der Waals surface area contributed by atoms with Crippen LogP contribution in [-0.4, -0.2) is 75.1 Å². The number of ketones is 1. The predicted octanol–water partition coefficient (Wildman–Crippen LogP) is 9.05. The van der Waals surface area contributed by atoms with Gasteiger partial charge in [-0.2, -0.15) is 0 Å². The number of benzene rings is 2. The van der Waals surface area contributed by atoms with Gasteiger partial charge in [-0.05, 0) is 94.6 Å². The van der Waals surface area contributed by atoms with Crippen molar-refractivity contribution in [3.8, 4) is 0 Å². The first-order chi connectivity index (χ1) is 23.2. The molecular weight excluding hydrogens is 620 g/mol. The first kappa shape index (κ1) is 36.3. The predicted molar refractivity (Wildman–Crippen MR) is 192 cm³/mol. The number of rotatable bonds is 1. The molecule has 2 aliphatic heterocycles. The highest BCUT2D eigenvalue weighted by molar-refractivity contribution is 5.95. The van der Waals surface area contributed by atoms with Gasteiger partial charge in [0.2, 0.25) is 0 Å². The molecular formula is C38H44N6O5. The number of nitrogens with one attached hydrogen (secondary N) is 2. The van der Waals surface area contributed by atoms with Crippen molar-refractivity contribution in [1.82, 2.24) is 19.8 Å². The summed E-state index contributed by atoms with van der Waals surface area (Å²) in [4.78, 5) is 51.1. The Morgan fingerprint density at radius 2 is 1.33 bits per heavy atom. The number of ether oxygens (including phenoxy) is 2. The van der Waals surface area contributed by atoms with E-state index in [0.29, 0.717) is 50.4 Å². The van der Waals surface area contributed by atoms with Gasteiger partial charge in [0.25, 0.3) is 0 Å². The van der Waals surface area contributed by atoms with Crippen LogP contribution >= 0.6 is 0 Å². The minimum atomic E-state index is -0.478. The van der Waals surface area contributed by atoms with Crippen molar-refractivity contribution >= 4 is 56.7 Å². The molecule has 256 valence electrons. The minimum absolute atomic E-state index is 0.227. The second-order valence-corrected chi connectivity index (χ2v) is 13.8. The Morgan fingerprint density at radius 1 is 0.755 bits per heavy atom. The van der Waals surface area contributed by atoms with E-state index in [1.54, 1.807) is 9.80 Å². The van der Waals surface area contributed by atoms with Crippen LogP contribution in [0.25, 0.3) is 37.1 Å². The number of Topliss-reactive ketones (excluding diaryl/α,β-unsaturated/α-hetero) is 1. The van der Waals surface area contributed by atoms with Crippen molar-refractivity contribution in [3.05, 3.63) is 89.3 Å². The van der Waals surface area contributed by atoms with E-state index in [2.05, 4.69) is 25.7 Å². The fraction of sp³-hybridized carbons (Fsp3) is 0.395. The second kappa shape index (κ2) is 15.6. The first-order valence-corrected chi connectivity index (χ1v) is 16.3. The van der Waals surface area contributed by atoms with Gasteiger partial charge in [-0.3, -0.25) is 4.79 Å². The first-order valence-electron chi connectivity index (χ1n) is 16.3. The largest absolute Gasteiger partial charge is 0.444 e. The summed E-state index contributed by atoms with van der Waals surface area (Å²) in [6, 6.07) is 13.2.